The number of ketones is 1. The zero-order valence-corrected chi connectivity index (χ0v) is 18.2. The van der Waals surface area contributed by atoms with Gasteiger partial charge in [0.2, 0.25) is 5.91 Å². The molecule has 29 heavy (non-hydrogen) atoms. The number of nitrogens with zero attached hydrogens (tertiary/aromatic N) is 2. The van der Waals surface area contributed by atoms with Crippen molar-refractivity contribution >= 4 is 57.9 Å². The quantitative estimate of drug-likeness (QED) is 0.666. The lowest BCUT2D eigenvalue weighted by molar-refractivity contribution is -0.132. The second-order valence-electron chi connectivity index (χ2n) is 6.79. The van der Waals surface area contributed by atoms with E-state index in [9.17, 15) is 14.4 Å². The first-order chi connectivity index (χ1) is 13.8. The van der Waals surface area contributed by atoms with Crippen LogP contribution in [0.25, 0.3) is 0 Å². The van der Waals surface area contributed by atoms with Crippen molar-refractivity contribution in [1.29, 1.82) is 0 Å². The van der Waals surface area contributed by atoms with Crippen LogP contribution in [0.15, 0.2) is 30.3 Å². The van der Waals surface area contributed by atoms with Crippen molar-refractivity contribution in [3.05, 3.63) is 50.1 Å². The maximum Gasteiger partial charge on any atom is 0.321 e. The Hall–Kier alpha value is -2.09. The smallest absolute Gasteiger partial charge is 0.321 e. The van der Waals surface area contributed by atoms with Crippen molar-refractivity contribution in [3.63, 3.8) is 0 Å². The summed E-state index contributed by atoms with van der Waals surface area (Å²) in [5.41, 5.74) is 1.58. The van der Waals surface area contributed by atoms with E-state index in [1.165, 1.54) is 11.3 Å². The topological polar surface area (TPSA) is 69.7 Å². The van der Waals surface area contributed by atoms with Crippen LogP contribution in [0.3, 0.4) is 0 Å². The maximum absolute atomic E-state index is 12.4. The lowest BCUT2D eigenvalue weighted by Gasteiger charge is -2.34. The Kier molecular flexibility index (Phi) is 7.16. The highest BCUT2D eigenvalue weighted by Crippen LogP contribution is 2.23. The number of carbonyl (C=O) groups is 3. The molecule has 1 aliphatic rings. The van der Waals surface area contributed by atoms with Gasteiger partial charge in [0.1, 0.15) is 0 Å². The van der Waals surface area contributed by atoms with Crippen molar-refractivity contribution < 1.29 is 14.4 Å². The fourth-order valence-electron chi connectivity index (χ4n) is 3.00. The van der Waals surface area contributed by atoms with E-state index in [0.717, 1.165) is 5.56 Å². The number of anilines is 1. The third kappa shape index (κ3) is 5.72. The second-order valence-corrected chi connectivity index (χ2v) is 8.91. The lowest BCUT2D eigenvalue weighted by Crippen LogP contribution is -2.51. The number of hydrogen-bond acceptors (Lipinski definition) is 4. The molecular weight excluding hydrogens is 433 g/mol. The van der Waals surface area contributed by atoms with Crippen molar-refractivity contribution in [2.75, 3.05) is 31.5 Å². The summed E-state index contributed by atoms with van der Waals surface area (Å²) >= 11 is 13.2. The van der Waals surface area contributed by atoms with E-state index in [1.54, 1.807) is 34.1 Å². The first kappa shape index (κ1) is 21.6. The van der Waals surface area contributed by atoms with E-state index >= 15 is 0 Å². The molecule has 0 saturated carbocycles. The summed E-state index contributed by atoms with van der Waals surface area (Å²) in [5, 5.41) is 3.42. The first-order valence-corrected chi connectivity index (χ1v) is 10.8. The predicted molar refractivity (Wildman–Crippen MR) is 116 cm³/mol. The van der Waals surface area contributed by atoms with E-state index in [2.05, 4.69) is 5.32 Å². The van der Waals surface area contributed by atoms with Gasteiger partial charge in [-0.15, -0.1) is 11.3 Å². The van der Waals surface area contributed by atoms with Crippen molar-refractivity contribution in [1.82, 2.24) is 9.80 Å². The molecule has 2 aromatic rings. The van der Waals surface area contributed by atoms with Crippen LogP contribution in [0.1, 0.15) is 28.1 Å². The Bertz CT molecular complexity index is 923. The lowest BCUT2D eigenvalue weighted by atomic mass is 10.1. The monoisotopic (exact) mass is 453 g/mol. The van der Waals surface area contributed by atoms with Crippen LogP contribution in [0.2, 0.25) is 9.36 Å². The van der Waals surface area contributed by atoms with Crippen LogP contribution in [-0.4, -0.2) is 53.7 Å². The number of amides is 3. The van der Waals surface area contributed by atoms with E-state index in [-0.39, 0.29) is 30.6 Å². The molecule has 1 fully saturated rings. The van der Waals surface area contributed by atoms with Gasteiger partial charge in [0, 0.05) is 49.7 Å². The van der Waals surface area contributed by atoms with Crippen molar-refractivity contribution in [2.24, 2.45) is 0 Å². The highest BCUT2D eigenvalue weighted by atomic mass is 35.5. The minimum atomic E-state index is -0.221. The molecule has 154 valence electrons. The van der Waals surface area contributed by atoms with Crippen LogP contribution in [0.4, 0.5) is 10.5 Å². The molecule has 1 saturated heterocycles. The summed E-state index contributed by atoms with van der Waals surface area (Å²) in [4.78, 5) is 40.9. The van der Waals surface area contributed by atoms with Crippen molar-refractivity contribution in [2.45, 2.75) is 19.8 Å². The van der Waals surface area contributed by atoms with E-state index in [1.807, 2.05) is 13.0 Å². The number of piperazine rings is 1. The fourth-order valence-corrected chi connectivity index (χ4v) is 4.19. The zero-order valence-electron chi connectivity index (χ0n) is 15.9. The summed E-state index contributed by atoms with van der Waals surface area (Å²) in [6.07, 6.45) is 0.312. The van der Waals surface area contributed by atoms with Gasteiger partial charge >= 0.3 is 6.03 Å². The van der Waals surface area contributed by atoms with Gasteiger partial charge in [0.05, 0.1) is 9.21 Å². The number of carbonyl (C=O) groups excluding carboxylic acids is 3. The molecule has 0 atom stereocenters. The molecular formula is C20H21Cl2N3O3S. The van der Waals surface area contributed by atoms with Gasteiger partial charge < -0.3 is 15.1 Å². The number of hydrogen-bond donors (Lipinski definition) is 1. The Balaban J connectivity index is 1.44. The van der Waals surface area contributed by atoms with Gasteiger partial charge in [0.15, 0.2) is 5.78 Å². The van der Waals surface area contributed by atoms with Crippen molar-refractivity contribution in [3.8, 4) is 0 Å². The molecule has 3 rings (SSSR count). The molecule has 0 aliphatic carbocycles. The minimum Gasteiger partial charge on any atom is -0.339 e. The molecule has 9 heteroatoms. The van der Waals surface area contributed by atoms with Crippen LogP contribution >= 0.6 is 34.5 Å². The molecule has 2 heterocycles. The van der Waals surface area contributed by atoms with Crippen LogP contribution in [-0.2, 0) is 4.79 Å². The fraction of sp³-hybridized carbons (Fsp3) is 0.350. The largest absolute Gasteiger partial charge is 0.339 e. The standard InChI is InChI=1S/C20H21Cl2N3O3S/c1-13-2-3-14(12-15(13)21)23-20(28)25-10-8-24(9-11-25)19(27)7-4-16(26)17-5-6-18(22)29-17/h2-3,5-6,12H,4,7-11H2,1H3,(H,23,28). The number of thiophene rings is 1. The van der Waals surface area contributed by atoms with E-state index in [0.29, 0.717) is 46.1 Å². The SMILES string of the molecule is Cc1ccc(NC(=O)N2CCN(C(=O)CCC(=O)c3ccc(Cl)s3)CC2)cc1Cl. The van der Waals surface area contributed by atoms with E-state index in [4.69, 9.17) is 23.2 Å². The molecule has 0 radical (unpaired) electrons. The average molecular weight is 454 g/mol. The number of benzene rings is 1. The van der Waals surface area contributed by atoms with E-state index < -0.39 is 0 Å². The summed E-state index contributed by atoms with van der Waals surface area (Å²) in [6, 6.07) is 8.50. The Morgan fingerprint density at radius 3 is 2.31 bits per heavy atom. The molecule has 1 N–H and O–H groups in total. The molecule has 0 unspecified atom stereocenters. The zero-order chi connectivity index (χ0) is 21.0. The Labute approximate surface area is 183 Å². The second kappa shape index (κ2) is 9.61. The third-order valence-electron chi connectivity index (χ3n) is 4.76. The highest BCUT2D eigenvalue weighted by molar-refractivity contribution is 7.18. The molecule has 0 spiro atoms. The number of rotatable bonds is 5. The number of halogens is 2. The number of nitrogens with one attached hydrogen (secondary N) is 1. The Morgan fingerprint density at radius 2 is 1.69 bits per heavy atom. The molecule has 1 aromatic carbocycles. The molecule has 6 nitrogen and oxygen atoms in total. The maximum atomic E-state index is 12.4. The molecule has 1 aromatic heterocycles. The van der Waals surface area contributed by atoms with Crippen LogP contribution in [0.5, 0.6) is 0 Å². The third-order valence-corrected chi connectivity index (χ3v) is 6.44. The van der Waals surface area contributed by atoms with Gasteiger partial charge in [-0.25, -0.2) is 4.79 Å². The summed E-state index contributed by atoms with van der Waals surface area (Å²) in [6.45, 7) is 3.66. The van der Waals surface area contributed by atoms with Gasteiger partial charge in [-0.1, -0.05) is 29.3 Å². The van der Waals surface area contributed by atoms with Gasteiger partial charge in [0.25, 0.3) is 0 Å². The number of aryl methyl sites for hydroxylation is 1. The number of urea groups is 1. The van der Waals surface area contributed by atoms with Gasteiger partial charge in [-0.05, 0) is 36.8 Å². The normalized spacial score (nSPS) is 14.0. The summed E-state index contributed by atoms with van der Waals surface area (Å²) in [5.74, 6) is -0.156. The number of Topliss-reactive ketones (excluding diaryl/α,β-unsaturated/α-hetero) is 1. The van der Waals surface area contributed by atoms with Crippen LogP contribution < -0.4 is 5.32 Å². The summed E-state index contributed by atoms with van der Waals surface area (Å²) < 4.78 is 0.557. The molecule has 1 aliphatic heterocycles. The molecule has 3 amide bonds. The predicted octanol–water partition coefficient (Wildman–Crippen LogP) is 4.70. The Morgan fingerprint density at radius 1 is 1.00 bits per heavy atom. The molecule has 0 bridgehead atoms. The first-order valence-electron chi connectivity index (χ1n) is 9.22. The van der Waals surface area contributed by atoms with Gasteiger partial charge in [-0.3, -0.25) is 9.59 Å². The minimum absolute atomic E-state index is 0.0774. The highest BCUT2D eigenvalue weighted by Gasteiger charge is 2.24. The van der Waals surface area contributed by atoms with Crippen LogP contribution in [0, 0.1) is 6.92 Å². The van der Waals surface area contributed by atoms with Gasteiger partial charge in [-0.2, -0.15) is 0 Å². The average Bonchev–Trinajstić information content (AvgIpc) is 3.15. The summed E-state index contributed by atoms with van der Waals surface area (Å²) in [7, 11) is 0.